The van der Waals surface area contributed by atoms with Crippen LogP contribution in [0.3, 0.4) is 0 Å². The second kappa shape index (κ2) is 10.1. The third-order valence-corrected chi connectivity index (χ3v) is 4.37. The molecule has 1 atom stereocenters. The summed E-state index contributed by atoms with van der Waals surface area (Å²) in [5.74, 6) is -1.89. The van der Waals surface area contributed by atoms with Crippen molar-refractivity contribution in [2.75, 3.05) is 5.32 Å². The maximum absolute atomic E-state index is 13.3. The number of hydrogen-bond acceptors (Lipinski definition) is 4. The fraction of sp³-hybridized carbons (Fsp3) is 0.0800. The summed E-state index contributed by atoms with van der Waals surface area (Å²) in [6.07, 6.45) is 1.32. The van der Waals surface area contributed by atoms with E-state index in [0.29, 0.717) is 22.4 Å². The van der Waals surface area contributed by atoms with Gasteiger partial charge in [0, 0.05) is 22.9 Å². The molecule has 0 aliphatic carbocycles. The van der Waals surface area contributed by atoms with Gasteiger partial charge in [-0.3, -0.25) is 9.59 Å². The van der Waals surface area contributed by atoms with E-state index in [4.69, 9.17) is 4.74 Å². The number of ether oxygens (including phenoxy) is 1. The van der Waals surface area contributed by atoms with Gasteiger partial charge < -0.3 is 10.1 Å². The zero-order valence-corrected chi connectivity index (χ0v) is 16.7. The number of hydrogen-bond donors (Lipinski definition) is 1. The Labute approximate surface area is 179 Å². The molecule has 1 N–H and O–H groups in total. The number of rotatable bonds is 7. The quantitative estimate of drug-likeness (QED) is 0.335. The SMILES string of the molecule is CC(=O)c1cccc(NC(=O)[C@H](OC(=O)/C=C/c2cccc(F)c2)c2ccccc2)c1. The molecule has 0 aromatic heterocycles. The van der Waals surface area contributed by atoms with Gasteiger partial charge in [0.15, 0.2) is 5.78 Å². The lowest BCUT2D eigenvalue weighted by Gasteiger charge is -2.17. The predicted molar refractivity (Wildman–Crippen MR) is 116 cm³/mol. The van der Waals surface area contributed by atoms with Crippen molar-refractivity contribution >= 4 is 29.4 Å². The average molecular weight is 417 g/mol. The topological polar surface area (TPSA) is 72.5 Å². The molecule has 31 heavy (non-hydrogen) atoms. The van der Waals surface area contributed by atoms with Gasteiger partial charge in [-0.15, -0.1) is 0 Å². The van der Waals surface area contributed by atoms with Crippen molar-refractivity contribution in [3.63, 3.8) is 0 Å². The second-order valence-electron chi connectivity index (χ2n) is 6.74. The molecule has 0 aliphatic heterocycles. The molecule has 1 amide bonds. The minimum atomic E-state index is -1.22. The van der Waals surface area contributed by atoms with Crippen molar-refractivity contribution in [3.8, 4) is 0 Å². The number of Topliss-reactive ketones (excluding diaryl/α,β-unsaturated/α-hetero) is 1. The van der Waals surface area contributed by atoms with E-state index in [0.717, 1.165) is 6.08 Å². The van der Waals surface area contributed by atoms with Crippen molar-refractivity contribution in [3.05, 3.63) is 107 Å². The third-order valence-electron chi connectivity index (χ3n) is 4.37. The summed E-state index contributed by atoms with van der Waals surface area (Å²) in [6.45, 7) is 1.43. The Morgan fingerprint density at radius 3 is 2.39 bits per heavy atom. The molecule has 3 aromatic rings. The Kier molecular flexibility index (Phi) is 7.06. The number of amides is 1. The first-order chi connectivity index (χ1) is 14.9. The molecule has 5 nitrogen and oxygen atoms in total. The highest BCUT2D eigenvalue weighted by Crippen LogP contribution is 2.21. The zero-order chi connectivity index (χ0) is 22.2. The average Bonchev–Trinajstić information content (AvgIpc) is 2.77. The summed E-state index contributed by atoms with van der Waals surface area (Å²) in [5, 5.41) is 2.68. The van der Waals surface area contributed by atoms with E-state index in [9.17, 15) is 18.8 Å². The molecule has 156 valence electrons. The molecule has 0 unspecified atom stereocenters. The van der Waals surface area contributed by atoms with E-state index in [1.807, 2.05) is 0 Å². The Morgan fingerprint density at radius 2 is 1.68 bits per heavy atom. The van der Waals surface area contributed by atoms with Crippen LogP contribution in [0, 0.1) is 5.82 Å². The van der Waals surface area contributed by atoms with Crippen LogP contribution in [-0.2, 0) is 14.3 Å². The van der Waals surface area contributed by atoms with Crippen LogP contribution in [0.4, 0.5) is 10.1 Å². The highest BCUT2D eigenvalue weighted by molar-refractivity contribution is 5.99. The van der Waals surface area contributed by atoms with Gasteiger partial charge in [0.25, 0.3) is 5.91 Å². The Hall–Kier alpha value is -4.06. The van der Waals surface area contributed by atoms with Crippen LogP contribution >= 0.6 is 0 Å². The molecule has 0 fully saturated rings. The van der Waals surface area contributed by atoms with Crippen molar-refractivity contribution in [2.24, 2.45) is 0 Å². The fourth-order valence-corrected chi connectivity index (χ4v) is 2.85. The number of carbonyl (C=O) groups excluding carboxylic acids is 3. The van der Waals surface area contributed by atoms with Crippen molar-refractivity contribution in [1.82, 2.24) is 0 Å². The van der Waals surface area contributed by atoms with E-state index < -0.39 is 23.8 Å². The van der Waals surface area contributed by atoms with Gasteiger partial charge in [-0.2, -0.15) is 0 Å². The second-order valence-corrected chi connectivity index (χ2v) is 6.74. The first-order valence-electron chi connectivity index (χ1n) is 9.53. The normalized spacial score (nSPS) is 11.7. The van der Waals surface area contributed by atoms with Crippen LogP contribution in [0.1, 0.15) is 34.5 Å². The Balaban J connectivity index is 1.78. The van der Waals surface area contributed by atoms with Crippen molar-refractivity contribution in [2.45, 2.75) is 13.0 Å². The van der Waals surface area contributed by atoms with E-state index in [1.165, 1.54) is 31.2 Å². The maximum atomic E-state index is 13.3. The largest absolute Gasteiger partial charge is 0.444 e. The molecule has 3 aromatic carbocycles. The molecule has 0 aliphatic rings. The lowest BCUT2D eigenvalue weighted by molar-refractivity contribution is -0.149. The third kappa shape index (κ3) is 6.21. The Bertz CT molecular complexity index is 1130. The summed E-state index contributed by atoms with van der Waals surface area (Å²) < 4.78 is 18.7. The molecule has 0 heterocycles. The van der Waals surface area contributed by atoms with Gasteiger partial charge in [-0.1, -0.05) is 54.6 Å². The summed E-state index contributed by atoms with van der Waals surface area (Å²) in [4.78, 5) is 36.8. The van der Waals surface area contributed by atoms with Crippen molar-refractivity contribution < 1.29 is 23.5 Å². The number of anilines is 1. The standard InChI is InChI=1S/C25H20FNO4/c1-17(28)20-10-6-12-22(16-20)27-25(30)24(19-8-3-2-4-9-19)31-23(29)14-13-18-7-5-11-21(26)15-18/h2-16,24H,1H3,(H,27,30)/b14-13+/t24-/m1/s1. The summed E-state index contributed by atoms with van der Waals surface area (Å²) >= 11 is 0. The summed E-state index contributed by atoms with van der Waals surface area (Å²) in [7, 11) is 0. The number of nitrogens with one attached hydrogen (secondary N) is 1. The van der Waals surface area contributed by atoms with Crippen LogP contribution in [0.2, 0.25) is 0 Å². The van der Waals surface area contributed by atoms with Gasteiger partial charge in [-0.05, 0) is 42.8 Å². The molecule has 0 bridgehead atoms. The number of benzene rings is 3. The minimum Gasteiger partial charge on any atom is -0.444 e. The molecule has 0 spiro atoms. The highest BCUT2D eigenvalue weighted by Gasteiger charge is 2.24. The van der Waals surface area contributed by atoms with Gasteiger partial charge in [-0.25, -0.2) is 9.18 Å². The molecule has 6 heteroatoms. The number of ketones is 1. The van der Waals surface area contributed by atoms with E-state index >= 15 is 0 Å². The van der Waals surface area contributed by atoms with Crippen LogP contribution in [-0.4, -0.2) is 17.7 Å². The number of esters is 1. The Morgan fingerprint density at radius 1 is 0.935 bits per heavy atom. The van der Waals surface area contributed by atoms with E-state index in [1.54, 1.807) is 60.7 Å². The molecule has 0 saturated carbocycles. The molecular formula is C25H20FNO4. The van der Waals surface area contributed by atoms with Crippen LogP contribution in [0.25, 0.3) is 6.08 Å². The molecule has 0 saturated heterocycles. The van der Waals surface area contributed by atoms with Gasteiger partial charge in [0.05, 0.1) is 0 Å². The lowest BCUT2D eigenvalue weighted by Crippen LogP contribution is -2.25. The van der Waals surface area contributed by atoms with Gasteiger partial charge >= 0.3 is 5.97 Å². The van der Waals surface area contributed by atoms with Crippen molar-refractivity contribution in [1.29, 1.82) is 0 Å². The number of carbonyl (C=O) groups is 3. The first-order valence-corrected chi connectivity index (χ1v) is 9.53. The summed E-state index contributed by atoms with van der Waals surface area (Å²) in [6, 6.07) is 20.8. The van der Waals surface area contributed by atoms with Crippen LogP contribution in [0.15, 0.2) is 84.9 Å². The van der Waals surface area contributed by atoms with Gasteiger partial charge in [0.1, 0.15) is 5.82 Å². The fourth-order valence-electron chi connectivity index (χ4n) is 2.85. The molecule has 0 radical (unpaired) electrons. The van der Waals surface area contributed by atoms with Crippen LogP contribution in [0.5, 0.6) is 0 Å². The maximum Gasteiger partial charge on any atom is 0.331 e. The number of halogens is 1. The van der Waals surface area contributed by atoms with E-state index in [2.05, 4.69) is 5.32 Å². The highest BCUT2D eigenvalue weighted by atomic mass is 19.1. The monoisotopic (exact) mass is 417 g/mol. The molecule has 3 rings (SSSR count). The predicted octanol–water partition coefficient (Wildman–Crippen LogP) is 4.96. The smallest absolute Gasteiger partial charge is 0.331 e. The minimum absolute atomic E-state index is 0.135. The molecular weight excluding hydrogens is 397 g/mol. The van der Waals surface area contributed by atoms with E-state index in [-0.39, 0.29) is 5.78 Å². The lowest BCUT2D eigenvalue weighted by atomic mass is 10.1. The zero-order valence-electron chi connectivity index (χ0n) is 16.7. The summed E-state index contributed by atoms with van der Waals surface area (Å²) in [5.41, 5.74) is 1.82. The van der Waals surface area contributed by atoms with Crippen LogP contribution < -0.4 is 5.32 Å². The van der Waals surface area contributed by atoms with Gasteiger partial charge in [0.2, 0.25) is 6.10 Å². The first kappa shape index (κ1) is 21.6.